The van der Waals surface area contributed by atoms with Crippen LogP contribution in [0.15, 0.2) is 53.7 Å². The van der Waals surface area contributed by atoms with Gasteiger partial charge in [0.15, 0.2) is 15.5 Å². The van der Waals surface area contributed by atoms with E-state index in [0.717, 1.165) is 6.26 Å². The second-order valence-electron chi connectivity index (χ2n) is 6.60. The number of sulfone groups is 1. The summed E-state index contributed by atoms with van der Waals surface area (Å²) < 4.78 is 23.2. The molecular weight excluding hydrogens is 458 g/mol. The number of halogens is 1. The maximum Gasteiger partial charge on any atom is 0.276 e. The molecule has 0 spiro atoms. The van der Waals surface area contributed by atoms with Gasteiger partial charge in [-0.3, -0.25) is 14.4 Å². The van der Waals surface area contributed by atoms with Crippen molar-refractivity contribution in [1.82, 2.24) is 15.3 Å². The third-order valence-electron chi connectivity index (χ3n) is 4.32. The Bertz CT molecular complexity index is 1300. The molecule has 0 aliphatic heterocycles. The zero-order chi connectivity index (χ0) is 23.5. The molecule has 4 N–H and O–H groups in total. The van der Waals surface area contributed by atoms with Crippen molar-refractivity contribution in [1.29, 1.82) is 0 Å². The lowest BCUT2D eigenvalue weighted by Gasteiger charge is -2.09. The van der Waals surface area contributed by atoms with Gasteiger partial charge in [0, 0.05) is 24.7 Å². The number of amides is 3. The fraction of sp³-hybridized carbons (Fsp3) is 0.100. The van der Waals surface area contributed by atoms with Crippen molar-refractivity contribution < 1.29 is 22.8 Å². The van der Waals surface area contributed by atoms with Crippen molar-refractivity contribution in [2.75, 3.05) is 23.9 Å². The topological polar surface area (TPSA) is 150 Å². The van der Waals surface area contributed by atoms with E-state index in [1.54, 1.807) is 24.3 Å². The molecular formula is C20H18ClN5O5S. The Hall–Kier alpha value is -3.70. The molecule has 0 atom stereocenters. The van der Waals surface area contributed by atoms with Crippen LogP contribution in [-0.4, -0.2) is 49.4 Å². The summed E-state index contributed by atoms with van der Waals surface area (Å²) in [5.74, 6) is -1.59. The molecule has 10 nitrogen and oxygen atoms in total. The molecule has 2 aromatic carbocycles. The van der Waals surface area contributed by atoms with Crippen molar-refractivity contribution in [2.24, 2.45) is 0 Å². The monoisotopic (exact) mass is 475 g/mol. The first-order valence-electron chi connectivity index (χ1n) is 9.08. The van der Waals surface area contributed by atoms with E-state index in [1.165, 1.54) is 31.6 Å². The molecule has 0 radical (unpaired) electrons. The minimum Gasteiger partial charge on any atom is -0.354 e. The zero-order valence-electron chi connectivity index (χ0n) is 16.9. The molecule has 12 heteroatoms. The predicted molar refractivity (Wildman–Crippen MR) is 119 cm³/mol. The van der Waals surface area contributed by atoms with Crippen LogP contribution >= 0.6 is 11.6 Å². The summed E-state index contributed by atoms with van der Waals surface area (Å²) in [6.07, 6.45) is 2.29. The third-order valence-corrected chi connectivity index (χ3v) is 5.75. The highest BCUT2D eigenvalue weighted by Crippen LogP contribution is 2.23. The molecule has 0 aliphatic rings. The van der Waals surface area contributed by atoms with E-state index in [2.05, 4.69) is 25.9 Å². The number of nitrogens with zero attached hydrogens (tertiary/aromatic N) is 1. The molecule has 1 aromatic heterocycles. The number of hydrogen-bond donors (Lipinski definition) is 4. The molecule has 3 rings (SSSR count). The zero-order valence-corrected chi connectivity index (χ0v) is 18.5. The molecule has 0 unspecified atom stereocenters. The number of hydrogen-bond acceptors (Lipinski definition) is 6. The predicted octanol–water partition coefficient (Wildman–Crippen LogP) is 2.33. The second kappa shape index (κ2) is 9.20. The van der Waals surface area contributed by atoms with E-state index in [0.29, 0.717) is 11.4 Å². The first-order valence-corrected chi connectivity index (χ1v) is 11.3. The Kier molecular flexibility index (Phi) is 6.61. The first-order chi connectivity index (χ1) is 15.1. The van der Waals surface area contributed by atoms with Crippen LogP contribution in [0.4, 0.5) is 11.4 Å². The number of imidazole rings is 1. The normalized spacial score (nSPS) is 11.0. The summed E-state index contributed by atoms with van der Waals surface area (Å²) >= 11 is 6.06. The number of aromatic nitrogens is 2. The van der Waals surface area contributed by atoms with E-state index in [9.17, 15) is 22.8 Å². The van der Waals surface area contributed by atoms with Gasteiger partial charge in [-0.15, -0.1) is 0 Å². The van der Waals surface area contributed by atoms with Crippen molar-refractivity contribution in [3.05, 3.63) is 70.8 Å². The summed E-state index contributed by atoms with van der Waals surface area (Å²) in [6, 6.07) is 10.1. The van der Waals surface area contributed by atoms with Crippen molar-refractivity contribution in [3.8, 4) is 0 Å². The van der Waals surface area contributed by atoms with Gasteiger partial charge in [-0.2, -0.15) is 0 Å². The number of rotatable bonds is 6. The number of carbonyl (C=O) groups is 3. The van der Waals surface area contributed by atoms with Gasteiger partial charge >= 0.3 is 0 Å². The van der Waals surface area contributed by atoms with Crippen LogP contribution in [0.1, 0.15) is 31.3 Å². The molecule has 3 aromatic rings. The molecule has 32 heavy (non-hydrogen) atoms. The lowest BCUT2D eigenvalue weighted by molar-refractivity contribution is 0.0943. The standard InChI is InChI=1S/C20H18ClN5O5S/c1-22-19(28)16-17(24-10-23-16)20(29)26-12-5-3-11(4-6-12)25-18(27)14-8-7-13(9-15(14)21)32(2,30)31/h3-10H,1-2H3,(H,22,28)(H,23,24)(H,25,27)(H,26,29). The van der Waals surface area contributed by atoms with Gasteiger partial charge in [0.25, 0.3) is 17.7 Å². The summed E-state index contributed by atoms with van der Waals surface area (Å²) in [5, 5.41) is 7.66. The fourth-order valence-corrected chi connectivity index (χ4v) is 3.68. The van der Waals surface area contributed by atoms with Gasteiger partial charge in [0.05, 0.1) is 21.8 Å². The van der Waals surface area contributed by atoms with Crippen LogP contribution in [0, 0.1) is 0 Å². The minimum absolute atomic E-state index is 0.000214. The molecule has 0 saturated heterocycles. The van der Waals surface area contributed by atoms with Gasteiger partial charge in [0.2, 0.25) is 0 Å². The van der Waals surface area contributed by atoms with Crippen LogP contribution in [0.25, 0.3) is 0 Å². The lowest BCUT2D eigenvalue weighted by atomic mass is 10.2. The largest absolute Gasteiger partial charge is 0.354 e. The van der Waals surface area contributed by atoms with Gasteiger partial charge in [-0.1, -0.05) is 11.6 Å². The summed E-state index contributed by atoms with van der Waals surface area (Å²) in [7, 11) is -2.01. The molecule has 0 saturated carbocycles. The smallest absolute Gasteiger partial charge is 0.276 e. The van der Waals surface area contributed by atoms with Crippen LogP contribution < -0.4 is 16.0 Å². The van der Waals surface area contributed by atoms with Crippen molar-refractivity contribution >= 4 is 50.5 Å². The van der Waals surface area contributed by atoms with Gasteiger partial charge in [0.1, 0.15) is 5.69 Å². The Morgan fingerprint density at radius 1 is 0.938 bits per heavy atom. The van der Waals surface area contributed by atoms with Gasteiger partial charge in [-0.25, -0.2) is 13.4 Å². The average Bonchev–Trinajstić information content (AvgIpc) is 3.24. The molecule has 0 fully saturated rings. The lowest BCUT2D eigenvalue weighted by Crippen LogP contribution is -2.23. The molecule has 1 heterocycles. The molecule has 3 amide bonds. The highest BCUT2D eigenvalue weighted by Gasteiger charge is 2.20. The number of benzene rings is 2. The Labute approximate surface area is 188 Å². The maximum absolute atomic E-state index is 12.5. The summed E-state index contributed by atoms with van der Waals surface area (Å²) in [6.45, 7) is 0. The Balaban J connectivity index is 1.69. The van der Waals surface area contributed by atoms with Gasteiger partial charge in [-0.05, 0) is 42.5 Å². The molecule has 166 valence electrons. The average molecular weight is 476 g/mol. The Morgan fingerprint density at radius 3 is 2.06 bits per heavy atom. The number of aromatic amines is 1. The quantitative estimate of drug-likeness (QED) is 0.429. The van der Waals surface area contributed by atoms with Gasteiger partial charge < -0.3 is 20.9 Å². The number of anilines is 2. The SMILES string of the molecule is CNC(=O)c1[nH]cnc1C(=O)Nc1ccc(NC(=O)c2ccc(S(C)(=O)=O)cc2Cl)cc1. The Morgan fingerprint density at radius 2 is 1.53 bits per heavy atom. The number of nitrogens with one attached hydrogen (secondary N) is 4. The van der Waals surface area contributed by atoms with Crippen molar-refractivity contribution in [2.45, 2.75) is 4.90 Å². The van der Waals surface area contributed by atoms with E-state index in [4.69, 9.17) is 11.6 Å². The van der Waals surface area contributed by atoms with E-state index in [-0.39, 0.29) is 26.9 Å². The number of carbonyl (C=O) groups excluding carboxylic acids is 3. The van der Waals surface area contributed by atoms with Crippen LogP contribution in [0.2, 0.25) is 5.02 Å². The minimum atomic E-state index is -3.45. The van der Waals surface area contributed by atoms with E-state index in [1.807, 2.05) is 0 Å². The molecule has 0 bridgehead atoms. The molecule has 0 aliphatic carbocycles. The van der Waals surface area contributed by atoms with E-state index >= 15 is 0 Å². The summed E-state index contributed by atoms with van der Waals surface area (Å²) in [5.41, 5.74) is 0.912. The highest BCUT2D eigenvalue weighted by atomic mass is 35.5. The number of H-pyrrole nitrogens is 1. The summed E-state index contributed by atoms with van der Waals surface area (Å²) in [4.78, 5) is 43.1. The van der Waals surface area contributed by atoms with Crippen molar-refractivity contribution in [3.63, 3.8) is 0 Å². The second-order valence-corrected chi connectivity index (χ2v) is 9.03. The van der Waals surface area contributed by atoms with Crippen LogP contribution in [-0.2, 0) is 9.84 Å². The highest BCUT2D eigenvalue weighted by molar-refractivity contribution is 7.90. The van der Waals surface area contributed by atoms with Crippen LogP contribution in [0.3, 0.4) is 0 Å². The maximum atomic E-state index is 12.5. The first kappa shape index (κ1) is 23.0. The van der Waals surface area contributed by atoms with E-state index < -0.39 is 27.6 Å². The third kappa shape index (κ3) is 5.13. The van der Waals surface area contributed by atoms with Crippen LogP contribution in [0.5, 0.6) is 0 Å². The fourth-order valence-electron chi connectivity index (χ4n) is 2.70.